The van der Waals surface area contributed by atoms with E-state index in [4.69, 9.17) is 44.9 Å². The molecule has 0 spiro atoms. The Kier molecular flexibility index (Phi) is 7.97. The van der Waals surface area contributed by atoms with Crippen molar-refractivity contribution >= 4 is 69.4 Å². The first kappa shape index (κ1) is 25.1. The molecular formula is C25H18Cl2N2O4S2. The number of rotatable bonds is 7. The Labute approximate surface area is 221 Å². The molecule has 3 aromatic carbocycles. The van der Waals surface area contributed by atoms with E-state index in [-0.39, 0.29) is 10.9 Å². The number of thioether (sulfide) groups is 1. The summed E-state index contributed by atoms with van der Waals surface area (Å²) in [5.74, 6) is 0.130. The number of hydrazine groups is 1. The highest BCUT2D eigenvalue weighted by molar-refractivity contribution is 8.26. The molecule has 1 heterocycles. The van der Waals surface area contributed by atoms with E-state index in [1.807, 2.05) is 18.2 Å². The summed E-state index contributed by atoms with van der Waals surface area (Å²) < 4.78 is 11.6. The van der Waals surface area contributed by atoms with E-state index in [1.54, 1.807) is 54.6 Å². The van der Waals surface area contributed by atoms with Gasteiger partial charge in [-0.15, -0.1) is 0 Å². The van der Waals surface area contributed by atoms with Gasteiger partial charge in [-0.05, 0) is 66.3 Å². The Morgan fingerprint density at radius 2 is 1.83 bits per heavy atom. The number of thiocarbonyl (C=S) groups is 1. The largest absolute Gasteiger partial charge is 0.493 e. The van der Waals surface area contributed by atoms with E-state index in [0.717, 1.165) is 22.3 Å². The van der Waals surface area contributed by atoms with E-state index < -0.39 is 11.8 Å². The van der Waals surface area contributed by atoms with Crippen molar-refractivity contribution in [3.8, 4) is 11.5 Å². The molecule has 0 bridgehead atoms. The van der Waals surface area contributed by atoms with E-state index in [9.17, 15) is 9.59 Å². The number of nitrogens with one attached hydrogen (secondary N) is 1. The summed E-state index contributed by atoms with van der Waals surface area (Å²) in [6.45, 7) is 0.279. The summed E-state index contributed by atoms with van der Waals surface area (Å²) in [5.41, 5.74) is 4.45. The third-order valence-corrected chi connectivity index (χ3v) is 6.86. The Bertz CT molecular complexity index is 1330. The number of amides is 2. The van der Waals surface area contributed by atoms with Crippen LogP contribution in [0.5, 0.6) is 11.5 Å². The first-order chi connectivity index (χ1) is 16.9. The Balaban J connectivity index is 1.47. The van der Waals surface area contributed by atoms with Gasteiger partial charge in [0.25, 0.3) is 11.8 Å². The minimum atomic E-state index is -0.471. The number of hydrogen-bond acceptors (Lipinski definition) is 6. The molecule has 10 heteroatoms. The molecule has 35 heavy (non-hydrogen) atoms. The molecule has 1 fully saturated rings. The monoisotopic (exact) mass is 544 g/mol. The second kappa shape index (κ2) is 11.1. The average Bonchev–Trinajstić information content (AvgIpc) is 3.11. The average molecular weight is 545 g/mol. The highest BCUT2D eigenvalue weighted by Gasteiger charge is 2.33. The number of hydrogen-bond donors (Lipinski definition) is 1. The van der Waals surface area contributed by atoms with Crippen molar-refractivity contribution in [1.29, 1.82) is 0 Å². The van der Waals surface area contributed by atoms with Crippen LogP contribution in [0, 0.1) is 0 Å². The number of ether oxygens (including phenoxy) is 2. The van der Waals surface area contributed by atoms with Crippen LogP contribution in [0.3, 0.4) is 0 Å². The van der Waals surface area contributed by atoms with Gasteiger partial charge in [0, 0.05) is 21.2 Å². The molecule has 1 aliphatic rings. The van der Waals surface area contributed by atoms with Gasteiger partial charge in [0.2, 0.25) is 0 Å². The lowest BCUT2D eigenvalue weighted by Crippen LogP contribution is -2.44. The van der Waals surface area contributed by atoms with Crippen LogP contribution in [-0.4, -0.2) is 28.3 Å². The normalized spacial score (nSPS) is 14.4. The van der Waals surface area contributed by atoms with Crippen molar-refractivity contribution in [2.45, 2.75) is 6.61 Å². The molecule has 0 unspecified atom stereocenters. The molecule has 0 aromatic heterocycles. The summed E-state index contributed by atoms with van der Waals surface area (Å²) in [7, 11) is 1.53. The van der Waals surface area contributed by atoms with Gasteiger partial charge in [0.1, 0.15) is 6.61 Å². The number of carbonyl (C=O) groups excluding carboxylic acids is 2. The van der Waals surface area contributed by atoms with Gasteiger partial charge in [-0.2, -0.15) is 5.01 Å². The summed E-state index contributed by atoms with van der Waals surface area (Å²) in [6.07, 6.45) is 1.67. The van der Waals surface area contributed by atoms with Gasteiger partial charge < -0.3 is 9.47 Å². The van der Waals surface area contributed by atoms with E-state index in [2.05, 4.69) is 5.43 Å². The van der Waals surface area contributed by atoms with E-state index in [1.165, 1.54) is 7.11 Å². The lowest BCUT2D eigenvalue weighted by atomic mass is 10.2. The van der Waals surface area contributed by atoms with Crippen molar-refractivity contribution in [2.24, 2.45) is 0 Å². The van der Waals surface area contributed by atoms with Crippen LogP contribution in [-0.2, 0) is 11.4 Å². The summed E-state index contributed by atoms with van der Waals surface area (Å²) in [5, 5.41) is 2.18. The van der Waals surface area contributed by atoms with Gasteiger partial charge >= 0.3 is 0 Å². The van der Waals surface area contributed by atoms with E-state index in [0.29, 0.717) is 37.6 Å². The molecule has 1 aliphatic heterocycles. The molecule has 1 N–H and O–H groups in total. The minimum absolute atomic E-state index is 0.218. The maximum atomic E-state index is 12.9. The van der Waals surface area contributed by atoms with Crippen molar-refractivity contribution in [3.63, 3.8) is 0 Å². The van der Waals surface area contributed by atoms with Crippen molar-refractivity contribution in [1.82, 2.24) is 10.4 Å². The Morgan fingerprint density at radius 3 is 2.54 bits per heavy atom. The zero-order valence-corrected chi connectivity index (χ0v) is 21.4. The van der Waals surface area contributed by atoms with Crippen LogP contribution in [0.4, 0.5) is 0 Å². The van der Waals surface area contributed by atoms with Crippen molar-refractivity contribution in [3.05, 3.63) is 98.4 Å². The Morgan fingerprint density at radius 1 is 1.09 bits per heavy atom. The smallest absolute Gasteiger partial charge is 0.285 e. The minimum Gasteiger partial charge on any atom is -0.493 e. The van der Waals surface area contributed by atoms with Crippen LogP contribution in [0.25, 0.3) is 6.08 Å². The fraction of sp³-hybridized carbons (Fsp3) is 0.0800. The maximum Gasteiger partial charge on any atom is 0.285 e. The standard InChI is InChI=1S/C25H18Cl2N2O4S2/c1-32-21-12-15(6-11-20(21)33-14-17-4-2-3-5-19(17)27)13-22-24(31)29(25(34)35-22)28-23(30)16-7-9-18(26)10-8-16/h2-13H,14H2,1H3,(H,28,30)/b22-13-. The highest BCUT2D eigenvalue weighted by atomic mass is 35.5. The van der Waals surface area contributed by atoms with Crippen LogP contribution in [0.2, 0.25) is 10.0 Å². The zero-order valence-electron chi connectivity index (χ0n) is 18.3. The van der Waals surface area contributed by atoms with Gasteiger partial charge in [-0.3, -0.25) is 15.0 Å². The lowest BCUT2D eigenvalue weighted by molar-refractivity contribution is -0.123. The van der Waals surface area contributed by atoms with Gasteiger partial charge in [0.05, 0.1) is 12.0 Å². The van der Waals surface area contributed by atoms with Gasteiger partial charge in [0.15, 0.2) is 15.8 Å². The number of carbonyl (C=O) groups is 2. The predicted octanol–water partition coefficient (Wildman–Crippen LogP) is 6.13. The molecule has 0 saturated carbocycles. The zero-order chi connectivity index (χ0) is 24.9. The number of nitrogens with zero attached hydrogens (tertiary/aromatic N) is 1. The molecule has 3 aromatic rings. The SMILES string of the molecule is COc1cc(/C=C2\SC(=S)N(NC(=O)c3ccc(Cl)cc3)C2=O)ccc1OCc1ccccc1Cl. The number of methoxy groups -OCH3 is 1. The molecular weight excluding hydrogens is 527 g/mol. The summed E-state index contributed by atoms with van der Waals surface area (Å²) in [4.78, 5) is 25.8. The van der Waals surface area contributed by atoms with Crippen molar-refractivity contribution < 1.29 is 19.1 Å². The number of benzene rings is 3. The topological polar surface area (TPSA) is 67.9 Å². The molecule has 0 radical (unpaired) electrons. The third kappa shape index (κ3) is 5.97. The molecule has 6 nitrogen and oxygen atoms in total. The Hall–Kier alpha value is -3.04. The van der Waals surface area contributed by atoms with Crippen LogP contribution in [0.1, 0.15) is 21.5 Å². The fourth-order valence-corrected chi connectivity index (χ4v) is 4.64. The van der Waals surface area contributed by atoms with Gasteiger partial charge in [-0.1, -0.05) is 59.2 Å². The second-order valence-corrected chi connectivity index (χ2v) is 9.77. The quantitative estimate of drug-likeness (QED) is 0.285. The summed E-state index contributed by atoms with van der Waals surface area (Å²) >= 11 is 18.4. The summed E-state index contributed by atoms with van der Waals surface area (Å²) in [6, 6.07) is 19.0. The predicted molar refractivity (Wildman–Crippen MR) is 143 cm³/mol. The first-order valence-electron chi connectivity index (χ1n) is 10.2. The highest BCUT2D eigenvalue weighted by Crippen LogP contribution is 2.34. The van der Waals surface area contributed by atoms with Crippen LogP contribution >= 0.6 is 47.2 Å². The first-order valence-corrected chi connectivity index (χ1v) is 12.2. The lowest BCUT2D eigenvalue weighted by Gasteiger charge is -2.15. The van der Waals surface area contributed by atoms with Crippen LogP contribution < -0.4 is 14.9 Å². The van der Waals surface area contributed by atoms with Crippen molar-refractivity contribution in [2.75, 3.05) is 7.11 Å². The van der Waals surface area contributed by atoms with E-state index >= 15 is 0 Å². The number of halogens is 2. The molecule has 0 atom stereocenters. The maximum absolute atomic E-state index is 12.9. The molecule has 0 aliphatic carbocycles. The molecule has 178 valence electrons. The second-order valence-electron chi connectivity index (χ2n) is 7.26. The van der Waals surface area contributed by atoms with Gasteiger partial charge in [-0.25, -0.2) is 0 Å². The molecule has 2 amide bonds. The molecule has 4 rings (SSSR count). The molecule has 1 saturated heterocycles. The third-order valence-electron chi connectivity index (χ3n) is 4.94. The fourth-order valence-electron chi connectivity index (χ4n) is 3.15. The van der Waals surface area contributed by atoms with Crippen LogP contribution in [0.15, 0.2) is 71.6 Å².